The van der Waals surface area contributed by atoms with E-state index in [4.69, 9.17) is 9.57 Å². The molecule has 0 radical (unpaired) electrons. The van der Waals surface area contributed by atoms with Gasteiger partial charge in [0.25, 0.3) is 5.91 Å². The minimum atomic E-state index is -3.39. The number of aromatic nitrogens is 3. The molecule has 0 saturated carbocycles. The van der Waals surface area contributed by atoms with E-state index in [1.165, 1.54) is 25.3 Å². The van der Waals surface area contributed by atoms with Crippen LogP contribution < -0.4 is 14.9 Å². The van der Waals surface area contributed by atoms with Crippen LogP contribution in [0.3, 0.4) is 0 Å². The third-order valence-corrected chi connectivity index (χ3v) is 4.62. The molecule has 0 spiro atoms. The number of ether oxygens (including phenoxy) is 1. The van der Waals surface area contributed by atoms with E-state index in [0.717, 1.165) is 11.1 Å². The van der Waals surface area contributed by atoms with Crippen molar-refractivity contribution in [3.05, 3.63) is 42.5 Å². The van der Waals surface area contributed by atoms with Crippen molar-refractivity contribution in [2.24, 2.45) is 0 Å². The number of fused-ring (bicyclic) bond motifs is 1. The number of anilines is 1. The zero-order valence-electron chi connectivity index (χ0n) is 14.0. The number of hydrogen-bond acceptors (Lipinski definition) is 7. The standard InChI is InChI=1S/C16H16N4O5S/c1-24-15-6-4-3-5-13(15)17-16(21)10-25-20-14-9-11(26(2,22)23)7-8-12(14)18-19-20/h3-9H,10H2,1-2H3,(H,17,21). The van der Waals surface area contributed by atoms with Gasteiger partial charge in [-0.15, -0.1) is 5.10 Å². The molecule has 3 rings (SSSR count). The molecule has 0 atom stereocenters. The molecule has 26 heavy (non-hydrogen) atoms. The van der Waals surface area contributed by atoms with E-state index < -0.39 is 15.7 Å². The van der Waals surface area contributed by atoms with Crippen molar-refractivity contribution in [3.8, 4) is 5.75 Å². The predicted molar refractivity (Wildman–Crippen MR) is 93.7 cm³/mol. The van der Waals surface area contributed by atoms with E-state index in [2.05, 4.69) is 15.6 Å². The molecule has 1 amide bonds. The molecular formula is C16H16N4O5S. The average Bonchev–Trinajstić information content (AvgIpc) is 3.02. The number of hydrogen-bond donors (Lipinski definition) is 1. The molecule has 0 fully saturated rings. The van der Waals surface area contributed by atoms with Gasteiger partial charge in [0.2, 0.25) is 0 Å². The number of nitrogens with zero attached hydrogens (tertiary/aromatic N) is 3. The third-order valence-electron chi connectivity index (χ3n) is 3.51. The summed E-state index contributed by atoms with van der Waals surface area (Å²) in [6, 6.07) is 11.3. The van der Waals surface area contributed by atoms with Crippen LogP contribution in [0.5, 0.6) is 5.75 Å². The summed E-state index contributed by atoms with van der Waals surface area (Å²) < 4.78 is 28.5. The van der Waals surface area contributed by atoms with Gasteiger partial charge in [-0.25, -0.2) is 8.42 Å². The Morgan fingerprint density at radius 3 is 2.73 bits per heavy atom. The summed E-state index contributed by atoms with van der Waals surface area (Å²) in [5.41, 5.74) is 1.30. The highest BCUT2D eigenvalue weighted by Crippen LogP contribution is 2.22. The molecule has 0 aliphatic rings. The van der Waals surface area contributed by atoms with Gasteiger partial charge in [-0.05, 0) is 35.5 Å². The highest BCUT2D eigenvalue weighted by Gasteiger charge is 2.14. The van der Waals surface area contributed by atoms with Crippen LogP contribution in [0.1, 0.15) is 0 Å². The Balaban J connectivity index is 1.74. The molecule has 0 unspecified atom stereocenters. The summed E-state index contributed by atoms with van der Waals surface area (Å²) in [6.07, 6.45) is 1.10. The molecule has 0 bridgehead atoms. The number of carbonyl (C=O) groups excluding carboxylic acids is 1. The number of para-hydroxylation sites is 2. The van der Waals surface area contributed by atoms with E-state index in [1.54, 1.807) is 24.3 Å². The summed E-state index contributed by atoms with van der Waals surface area (Å²) >= 11 is 0. The van der Waals surface area contributed by atoms with Crippen molar-refractivity contribution in [3.63, 3.8) is 0 Å². The summed E-state index contributed by atoms with van der Waals surface area (Å²) in [6.45, 7) is -0.348. The van der Waals surface area contributed by atoms with Crippen LogP contribution in [0.2, 0.25) is 0 Å². The number of sulfone groups is 1. The van der Waals surface area contributed by atoms with E-state index in [0.29, 0.717) is 22.5 Å². The van der Waals surface area contributed by atoms with Crippen LogP contribution in [-0.2, 0) is 14.6 Å². The van der Waals surface area contributed by atoms with Crippen molar-refractivity contribution in [2.75, 3.05) is 25.3 Å². The SMILES string of the molecule is COc1ccccc1NC(=O)COn1nnc2ccc(S(C)(=O)=O)cc21. The number of rotatable bonds is 6. The molecule has 1 N–H and O–H groups in total. The first kappa shape index (κ1) is 17.7. The molecule has 10 heteroatoms. The van der Waals surface area contributed by atoms with Gasteiger partial charge < -0.3 is 14.9 Å². The molecule has 0 saturated heterocycles. The quantitative estimate of drug-likeness (QED) is 0.680. The minimum absolute atomic E-state index is 0.107. The highest BCUT2D eigenvalue weighted by atomic mass is 32.2. The minimum Gasteiger partial charge on any atom is -0.495 e. The molecule has 9 nitrogen and oxygen atoms in total. The first-order valence-corrected chi connectivity index (χ1v) is 9.39. The highest BCUT2D eigenvalue weighted by molar-refractivity contribution is 7.90. The second-order valence-electron chi connectivity index (χ2n) is 5.41. The molecular weight excluding hydrogens is 360 g/mol. The smallest absolute Gasteiger partial charge is 0.265 e. The van der Waals surface area contributed by atoms with E-state index in [1.807, 2.05) is 0 Å². The maximum atomic E-state index is 12.1. The monoisotopic (exact) mass is 376 g/mol. The lowest BCUT2D eigenvalue weighted by molar-refractivity contribution is -0.121. The Morgan fingerprint density at radius 2 is 2.00 bits per heavy atom. The van der Waals surface area contributed by atoms with Gasteiger partial charge >= 0.3 is 0 Å². The van der Waals surface area contributed by atoms with Gasteiger partial charge in [0, 0.05) is 6.26 Å². The Hall–Kier alpha value is -3.14. The van der Waals surface area contributed by atoms with Gasteiger partial charge in [-0.3, -0.25) is 4.79 Å². The summed E-state index contributed by atoms with van der Waals surface area (Å²) in [4.78, 5) is 18.5. The second kappa shape index (κ2) is 7.00. The molecule has 0 aliphatic heterocycles. The molecule has 1 aromatic heterocycles. The predicted octanol–water partition coefficient (Wildman–Crippen LogP) is 0.911. The first-order valence-electron chi connectivity index (χ1n) is 7.50. The van der Waals surface area contributed by atoms with Crippen LogP contribution in [0, 0.1) is 0 Å². The lowest BCUT2D eigenvalue weighted by Gasteiger charge is -2.10. The maximum absolute atomic E-state index is 12.1. The second-order valence-corrected chi connectivity index (χ2v) is 7.42. The zero-order valence-corrected chi connectivity index (χ0v) is 14.9. The lowest BCUT2D eigenvalue weighted by Crippen LogP contribution is -2.26. The van der Waals surface area contributed by atoms with Crippen molar-refractivity contribution in [1.82, 2.24) is 15.2 Å². The largest absolute Gasteiger partial charge is 0.495 e. The summed E-state index contributed by atoms with van der Waals surface area (Å²) in [5.74, 6) is 0.0854. The van der Waals surface area contributed by atoms with Crippen molar-refractivity contribution in [2.45, 2.75) is 4.90 Å². The summed E-state index contributed by atoms with van der Waals surface area (Å²) in [7, 11) is -1.88. The number of methoxy groups -OCH3 is 1. The van der Waals surface area contributed by atoms with Gasteiger partial charge in [0.05, 0.1) is 17.7 Å². The van der Waals surface area contributed by atoms with Crippen LogP contribution in [0.25, 0.3) is 11.0 Å². The van der Waals surface area contributed by atoms with E-state index >= 15 is 0 Å². The van der Waals surface area contributed by atoms with Crippen LogP contribution in [0.15, 0.2) is 47.4 Å². The van der Waals surface area contributed by atoms with Gasteiger partial charge in [-0.2, -0.15) is 0 Å². The normalized spacial score (nSPS) is 11.3. The Labute approximate surface area is 149 Å². The van der Waals surface area contributed by atoms with Crippen LogP contribution in [0.4, 0.5) is 5.69 Å². The fourth-order valence-corrected chi connectivity index (χ4v) is 2.90. The average molecular weight is 376 g/mol. The zero-order chi connectivity index (χ0) is 18.7. The van der Waals surface area contributed by atoms with E-state index in [9.17, 15) is 13.2 Å². The number of amides is 1. The van der Waals surface area contributed by atoms with Crippen molar-refractivity contribution in [1.29, 1.82) is 0 Å². The number of carbonyl (C=O) groups is 1. The number of benzene rings is 2. The van der Waals surface area contributed by atoms with Gasteiger partial charge in [0.1, 0.15) is 16.8 Å². The number of nitrogens with one attached hydrogen (secondary N) is 1. The van der Waals surface area contributed by atoms with Crippen LogP contribution >= 0.6 is 0 Å². The molecule has 3 aromatic rings. The molecule has 136 valence electrons. The van der Waals surface area contributed by atoms with Gasteiger partial charge in [0.15, 0.2) is 16.4 Å². The fraction of sp³-hybridized carbons (Fsp3) is 0.188. The topological polar surface area (TPSA) is 112 Å². The van der Waals surface area contributed by atoms with Crippen molar-refractivity contribution < 1.29 is 22.8 Å². The molecule has 1 heterocycles. The van der Waals surface area contributed by atoms with Gasteiger partial charge in [-0.1, -0.05) is 17.0 Å². The van der Waals surface area contributed by atoms with Crippen LogP contribution in [-0.4, -0.2) is 49.5 Å². The van der Waals surface area contributed by atoms with Crippen molar-refractivity contribution >= 4 is 32.5 Å². The first-order chi connectivity index (χ1) is 12.4. The maximum Gasteiger partial charge on any atom is 0.265 e. The van der Waals surface area contributed by atoms with E-state index in [-0.39, 0.29) is 11.5 Å². The lowest BCUT2D eigenvalue weighted by atomic mass is 10.3. The summed E-state index contributed by atoms with van der Waals surface area (Å²) in [5, 5.41) is 10.3. The molecule has 2 aromatic carbocycles. The Kier molecular flexibility index (Phi) is 4.76. The Bertz CT molecular complexity index is 1060. The Morgan fingerprint density at radius 1 is 1.23 bits per heavy atom. The third kappa shape index (κ3) is 3.75. The molecule has 0 aliphatic carbocycles. The fourth-order valence-electron chi connectivity index (χ4n) is 2.26.